The molecule has 1 aromatic carbocycles. The standard InChI is InChI=1S/C14H21BrO/c1-11(2)10-13(15)7-4-12-5-8-14(16-3)9-6-12/h5-6,8-9,11,13H,4,7,10H2,1-3H3. The van der Waals surface area contributed by atoms with E-state index in [1.165, 1.54) is 18.4 Å². The lowest BCUT2D eigenvalue weighted by Gasteiger charge is -2.12. The van der Waals surface area contributed by atoms with Gasteiger partial charge in [0.05, 0.1) is 7.11 Å². The van der Waals surface area contributed by atoms with E-state index in [2.05, 4.69) is 41.9 Å². The Labute approximate surface area is 107 Å². The minimum Gasteiger partial charge on any atom is -0.497 e. The van der Waals surface area contributed by atoms with Crippen LogP contribution in [0, 0.1) is 5.92 Å². The summed E-state index contributed by atoms with van der Waals surface area (Å²) in [5, 5.41) is 0. The quantitative estimate of drug-likeness (QED) is 0.702. The summed E-state index contributed by atoms with van der Waals surface area (Å²) < 4.78 is 5.14. The summed E-state index contributed by atoms with van der Waals surface area (Å²) in [6.45, 7) is 4.53. The van der Waals surface area contributed by atoms with Gasteiger partial charge in [-0.2, -0.15) is 0 Å². The van der Waals surface area contributed by atoms with Crippen LogP contribution in [0.15, 0.2) is 24.3 Å². The maximum absolute atomic E-state index is 5.14. The van der Waals surface area contributed by atoms with Gasteiger partial charge in [0.15, 0.2) is 0 Å². The summed E-state index contributed by atoms with van der Waals surface area (Å²) in [7, 11) is 1.70. The zero-order chi connectivity index (χ0) is 12.0. The van der Waals surface area contributed by atoms with Crippen molar-refractivity contribution in [2.24, 2.45) is 5.92 Å². The molecule has 1 rings (SSSR count). The molecular formula is C14H21BrO. The minimum atomic E-state index is 0.634. The van der Waals surface area contributed by atoms with Crippen molar-refractivity contribution in [1.29, 1.82) is 0 Å². The van der Waals surface area contributed by atoms with Crippen LogP contribution in [0.5, 0.6) is 5.75 Å². The van der Waals surface area contributed by atoms with Gasteiger partial charge in [-0.3, -0.25) is 0 Å². The van der Waals surface area contributed by atoms with Crippen LogP contribution in [0.25, 0.3) is 0 Å². The average molecular weight is 285 g/mol. The van der Waals surface area contributed by atoms with Gasteiger partial charge >= 0.3 is 0 Å². The molecule has 0 spiro atoms. The van der Waals surface area contributed by atoms with Crippen molar-refractivity contribution in [2.45, 2.75) is 37.9 Å². The molecule has 1 aromatic rings. The fourth-order valence-electron chi connectivity index (χ4n) is 1.74. The van der Waals surface area contributed by atoms with Crippen molar-refractivity contribution in [1.82, 2.24) is 0 Å². The highest BCUT2D eigenvalue weighted by Gasteiger charge is 2.06. The summed E-state index contributed by atoms with van der Waals surface area (Å²) in [6, 6.07) is 8.35. The molecule has 0 aliphatic heterocycles. The Morgan fingerprint density at radius 3 is 2.31 bits per heavy atom. The van der Waals surface area contributed by atoms with Gasteiger partial charge in [-0.05, 0) is 42.9 Å². The van der Waals surface area contributed by atoms with E-state index in [9.17, 15) is 0 Å². The number of ether oxygens (including phenoxy) is 1. The number of methoxy groups -OCH3 is 1. The molecule has 0 amide bonds. The topological polar surface area (TPSA) is 9.23 Å². The van der Waals surface area contributed by atoms with E-state index in [1.807, 2.05) is 12.1 Å². The zero-order valence-electron chi connectivity index (χ0n) is 10.4. The molecule has 90 valence electrons. The Hall–Kier alpha value is -0.500. The van der Waals surface area contributed by atoms with Gasteiger partial charge in [-0.15, -0.1) is 0 Å². The predicted molar refractivity (Wildman–Crippen MR) is 73.5 cm³/mol. The number of hydrogen-bond acceptors (Lipinski definition) is 1. The molecule has 0 aromatic heterocycles. The van der Waals surface area contributed by atoms with E-state index in [4.69, 9.17) is 4.74 Å². The zero-order valence-corrected chi connectivity index (χ0v) is 12.0. The maximum Gasteiger partial charge on any atom is 0.118 e. The summed E-state index contributed by atoms with van der Waals surface area (Å²) >= 11 is 3.74. The van der Waals surface area contributed by atoms with Crippen LogP contribution in [-0.2, 0) is 6.42 Å². The molecule has 2 heteroatoms. The van der Waals surface area contributed by atoms with Crippen LogP contribution in [0.4, 0.5) is 0 Å². The second-order valence-electron chi connectivity index (χ2n) is 4.61. The summed E-state index contributed by atoms with van der Waals surface area (Å²) in [6.07, 6.45) is 3.58. The highest BCUT2D eigenvalue weighted by atomic mass is 79.9. The van der Waals surface area contributed by atoms with Crippen LogP contribution in [-0.4, -0.2) is 11.9 Å². The molecule has 0 saturated carbocycles. The highest BCUT2D eigenvalue weighted by Crippen LogP contribution is 2.19. The van der Waals surface area contributed by atoms with Crippen molar-refractivity contribution in [2.75, 3.05) is 7.11 Å². The number of hydrogen-bond donors (Lipinski definition) is 0. The number of halogens is 1. The average Bonchev–Trinajstić information content (AvgIpc) is 2.26. The lowest BCUT2D eigenvalue weighted by molar-refractivity contribution is 0.414. The Kier molecular flexibility index (Phi) is 5.89. The van der Waals surface area contributed by atoms with E-state index < -0.39 is 0 Å². The van der Waals surface area contributed by atoms with Gasteiger partial charge in [-0.1, -0.05) is 41.9 Å². The summed E-state index contributed by atoms with van der Waals surface area (Å²) in [5.41, 5.74) is 1.38. The number of rotatable bonds is 6. The smallest absolute Gasteiger partial charge is 0.118 e. The minimum absolute atomic E-state index is 0.634. The van der Waals surface area contributed by atoms with Crippen molar-refractivity contribution in [3.63, 3.8) is 0 Å². The van der Waals surface area contributed by atoms with Gasteiger partial charge in [0.25, 0.3) is 0 Å². The molecule has 0 fully saturated rings. The molecule has 0 radical (unpaired) electrons. The molecule has 0 N–H and O–H groups in total. The van der Waals surface area contributed by atoms with Crippen LogP contribution < -0.4 is 4.74 Å². The van der Waals surface area contributed by atoms with E-state index in [-0.39, 0.29) is 0 Å². The maximum atomic E-state index is 5.14. The van der Waals surface area contributed by atoms with Crippen LogP contribution in [0.2, 0.25) is 0 Å². The molecule has 0 aliphatic carbocycles. The second-order valence-corrected chi connectivity index (χ2v) is 5.91. The first-order valence-corrected chi connectivity index (χ1v) is 6.80. The molecule has 16 heavy (non-hydrogen) atoms. The van der Waals surface area contributed by atoms with Gasteiger partial charge in [0, 0.05) is 4.83 Å². The number of benzene rings is 1. The molecule has 0 aliphatic rings. The Balaban J connectivity index is 2.36. The second kappa shape index (κ2) is 6.95. The summed E-state index contributed by atoms with van der Waals surface area (Å²) in [4.78, 5) is 0.634. The molecular weight excluding hydrogens is 264 g/mol. The van der Waals surface area contributed by atoms with E-state index in [0.717, 1.165) is 18.1 Å². The van der Waals surface area contributed by atoms with Crippen LogP contribution in [0.1, 0.15) is 32.3 Å². The SMILES string of the molecule is COc1ccc(CCC(Br)CC(C)C)cc1. The van der Waals surface area contributed by atoms with E-state index in [0.29, 0.717) is 4.83 Å². The van der Waals surface area contributed by atoms with Gasteiger partial charge in [-0.25, -0.2) is 0 Å². The van der Waals surface area contributed by atoms with E-state index in [1.54, 1.807) is 7.11 Å². The first-order chi connectivity index (χ1) is 7.61. The molecule has 0 saturated heterocycles. The van der Waals surface area contributed by atoms with Crippen LogP contribution >= 0.6 is 15.9 Å². The third kappa shape index (κ3) is 5.02. The lowest BCUT2D eigenvalue weighted by atomic mass is 10.0. The Morgan fingerprint density at radius 2 is 1.81 bits per heavy atom. The molecule has 0 bridgehead atoms. The van der Waals surface area contributed by atoms with Gasteiger partial charge in [0.1, 0.15) is 5.75 Å². The number of alkyl halides is 1. The number of aryl methyl sites for hydroxylation is 1. The normalized spacial score (nSPS) is 12.8. The largest absolute Gasteiger partial charge is 0.497 e. The lowest BCUT2D eigenvalue weighted by Crippen LogP contribution is -2.04. The molecule has 1 nitrogen and oxygen atoms in total. The third-order valence-electron chi connectivity index (χ3n) is 2.63. The highest BCUT2D eigenvalue weighted by molar-refractivity contribution is 9.09. The van der Waals surface area contributed by atoms with E-state index >= 15 is 0 Å². The Morgan fingerprint density at radius 1 is 1.19 bits per heavy atom. The van der Waals surface area contributed by atoms with Gasteiger partial charge in [0.2, 0.25) is 0 Å². The van der Waals surface area contributed by atoms with Crippen molar-refractivity contribution in [3.8, 4) is 5.75 Å². The summed E-state index contributed by atoms with van der Waals surface area (Å²) in [5.74, 6) is 1.70. The Bertz CT molecular complexity index is 292. The monoisotopic (exact) mass is 284 g/mol. The predicted octanol–water partition coefficient (Wildman–Crippen LogP) is 4.44. The van der Waals surface area contributed by atoms with Crippen molar-refractivity contribution >= 4 is 15.9 Å². The van der Waals surface area contributed by atoms with Gasteiger partial charge < -0.3 is 4.74 Å². The van der Waals surface area contributed by atoms with Crippen LogP contribution in [0.3, 0.4) is 0 Å². The third-order valence-corrected chi connectivity index (χ3v) is 3.46. The molecule has 1 unspecified atom stereocenters. The molecule has 1 atom stereocenters. The van der Waals surface area contributed by atoms with Crippen molar-refractivity contribution in [3.05, 3.63) is 29.8 Å². The molecule has 0 heterocycles. The fraction of sp³-hybridized carbons (Fsp3) is 0.571. The first kappa shape index (κ1) is 13.6. The fourth-order valence-corrected chi connectivity index (χ4v) is 2.72. The van der Waals surface area contributed by atoms with Crippen molar-refractivity contribution < 1.29 is 4.74 Å². The first-order valence-electron chi connectivity index (χ1n) is 5.88.